The van der Waals surface area contributed by atoms with Gasteiger partial charge in [-0.2, -0.15) is 8.42 Å². The highest BCUT2D eigenvalue weighted by Gasteiger charge is 2.28. The molecule has 2 aromatic carbocycles. The van der Waals surface area contributed by atoms with Crippen molar-refractivity contribution in [2.75, 3.05) is 16.2 Å². The van der Waals surface area contributed by atoms with Crippen LogP contribution >= 0.6 is 11.3 Å². The van der Waals surface area contributed by atoms with Crippen LogP contribution in [-0.2, 0) is 10.0 Å². The maximum absolute atomic E-state index is 13.7. The summed E-state index contributed by atoms with van der Waals surface area (Å²) < 4.78 is 40.3. The third-order valence-electron chi connectivity index (χ3n) is 3.59. The summed E-state index contributed by atoms with van der Waals surface area (Å²) in [7, 11) is -3.94. The molecule has 0 saturated carbocycles. The first-order chi connectivity index (χ1) is 12.9. The second-order valence-electron chi connectivity index (χ2n) is 5.31. The number of aromatic nitrogens is 2. The van der Waals surface area contributed by atoms with E-state index in [9.17, 15) is 17.6 Å². The summed E-state index contributed by atoms with van der Waals surface area (Å²) in [6.45, 7) is 1.90. The second-order valence-corrected chi connectivity index (χ2v) is 8.33. The van der Waals surface area contributed by atoms with Gasteiger partial charge in [0.05, 0.1) is 11.3 Å². The van der Waals surface area contributed by atoms with E-state index >= 15 is 0 Å². The Balaban J connectivity index is 1.84. The number of anilines is 2. The van der Waals surface area contributed by atoms with E-state index in [0.717, 1.165) is 6.07 Å². The summed E-state index contributed by atoms with van der Waals surface area (Å²) in [6, 6.07) is 14.0. The van der Waals surface area contributed by atoms with Crippen molar-refractivity contribution in [2.45, 2.75) is 11.3 Å². The first kappa shape index (κ1) is 18.9. The summed E-state index contributed by atoms with van der Waals surface area (Å²) >= 11 is 0.701. The summed E-state index contributed by atoms with van der Waals surface area (Å²) in [6.07, 6.45) is 0. The average Bonchev–Trinajstić information content (AvgIpc) is 3.12. The summed E-state index contributed by atoms with van der Waals surface area (Å²) in [5, 5.41) is 9.71. The number of carbonyl (C=O) groups is 1. The fraction of sp³-hybridized carbons (Fsp3) is 0.118. The minimum atomic E-state index is -3.94. The van der Waals surface area contributed by atoms with Crippen molar-refractivity contribution in [1.82, 2.24) is 10.2 Å². The SMILES string of the molecule is CCN(c1ccccc1)S(=O)(=O)c1nnc(NC(=O)c2ccccc2F)s1. The molecule has 0 spiro atoms. The van der Waals surface area contributed by atoms with Gasteiger partial charge in [-0.05, 0) is 31.2 Å². The lowest BCUT2D eigenvalue weighted by atomic mass is 10.2. The van der Waals surface area contributed by atoms with Gasteiger partial charge < -0.3 is 0 Å². The van der Waals surface area contributed by atoms with Gasteiger partial charge in [0, 0.05) is 6.54 Å². The van der Waals surface area contributed by atoms with Crippen LogP contribution < -0.4 is 9.62 Å². The molecule has 0 aliphatic heterocycles. The number of carbonyl (C=O) groups excluding carboxylic acids is 1. The molecule has 0 fully saturated rings. The molecule has 7 nitrogen and oxygen atoms in total. The molecule has 0 radical (unpaired) electrons. The van der Waals surface area contributed by atoms with Crippen molar-refractivity contribution >= 4 is 38.1 Å². The Morgan fingerprint density at radius 2 is 1.78 bits per heavy atom. The fourth-order valence-corrected chi connectivity index (χ4v) is 4.83. The lowest BCUT2D eigenvalue weighted by Crippen LogP contribution is -2.30. The fourth-order valence-electron chi connectivity index (χ4n) is 2.35. The number of sulfonamides is 1. The lowest BCUT2D eigenvalue weighted by molar-refractivity contribution is 0.102. The summed E-state index contributed by atoms with van der Waals surface area (Å²) in [5.41, 5.74) is 0.323. The van der Waals surface area contributed by atoms with E-state index in [-0.39, 0.29) is 21.6 Å². The molecule has 0 aliphatic carbocycles. The summed E-state index contributed by atoms with van der Waals surface area (Å²) in [4.78, 5) is 12.1. The molecule has 1 amide bonds. The van der Waals surface area contributed by atoms with Crippen molar-refractivity contribution in [3.05, 3.63) is 66.0 Å². The summed E-state index contributed by atoms with van der Waals surface area (Å²) in [5.74, 6) is -1.42. The molecule has 0 saturated heterocycles. The largest absolute Gasteiger partial charge is 0.296 e. The second kappa shape index (κ2) is 7.80. The molecular weight excluding hydrogens is 391 g/mol. The molecule has 1 aromatic heterocycles. The number of hydrogen-bond donors (Lipinski definition) is 1. The highest BCUT2D eigenvalue weighted by Crippen LogP contribution is 2.27. The third kappa shape index (κ3) is 3.96. The maximum Gasteiger partial charge on any atom is 0.293 e. The Morgan fingerprint density at radius 3 is 2.44 bits per heavy atom. The zero-order chi connectivity index (χ0) is 19.4. The number of halogens is 1. The third-order valence-corrected chi connectivity index (χ3v) is 6.68. The van der Waals surface area contributed by atoms with Crippen molar-refractivity contribution in [1.29, 1.82) is 0 Å². The molecule has 0 unspecified atom stereocenters. The Labute approximate surface area is 159 Å². The average molecular weight is 406 g/mol. The topological polar surface area (TPSA) is 92.3 Å². The number of benzene rings is 2. The van der Waals surface area contributed by atoms with Crippen LogP contribution in [0.3, 0.4) is 0 Å². The van der Waals surface area contributed by atoms with E-state index in [2.05, 4.69) is 15.5 Å². The van der Waals surface area contributed by atoms with Crippen LogP contribution in [0.15, 0.2) is 58.9 Å². The standard InChI is InChI=1S/C17H15FN4O3S2/c1-2-22(12-8-4-3-5-9-12)27(24,25)17-21-20-16(26-17)19-15(23)13-10-6-7-11-14(13)18/h3-11H,2H2,1H3,(H,19,20,23). The van der Waals surface area contributed by atoms with Crippen molar-refractivity contribution < 1.29 is 17.6 Å². The number of amides is 1. The molecule has 10 heteroatoms. The molecular formula is C17H15FN4O3S2. The predicted molar refractivity (Wildman–Crippen MR) is 101 cm³/mol. The molecule has 27 heavy (non-hydrogen) atoms. The Morgan fingerprint density at radius 1 is 1.11 bits per heavy atom. The van der Waals surface area contributed by atoms with E-state index < -0.39 is 21.7 Å². The van der Waals surface area contributed by atoms with Crippen LogP contribution in [0, 0.1) is 5.82 Å². The van der Waals surface area contributed by atoms with E-state index in [1.165, 1.54) is 22.5 Å². The van der Waals surface area contributed by atoms with Crippen molar-refractivity contribution in [3.63, 3.8) is 0 Å². The zero-order valence-electron chi connectivity index (χ0n) is 14.2. The number of rotatable bonds is 6. The Bertz CT molecular complexity index is 1050. The van der Waals surface area contributed by atoms with Gasteiger partial charge in [0.1, 0.15) is 5.82 Å². The van der Waals surface area contributed by atoms with Gasteiger partial charge in [0.15, 0.2) is 0 Å². The van der Waals surface area contributed by atoms with Crippen LogP contribution in [-0.4, -0.2) is 31.1 Å². The number of para-hydroxylation sites is 1. The quantitative estimate of drug-likeness (QED) is 0.635. The molecule has 1 heterocycles. The van der Waals surface area contributed by atoms with E-state index in [0.29, 0.717) is 17.0 Å². The molecule has 3 rings (SSSR count). The van der Waals surface area contributed by atoms with E-state index in [1.807, 2.05) is 0 Å². The highest BCUT2D eigenvalue weighted by molar-refractivity contribution is 7.94. The lowest BCUT2D eigenvalue weighted by Gasteiger charge is -2.20. The van der Waals surface area contributed by atoms with E-state index in [1.54, 1.807) is 37.3 Å². The monoisotopic (exact) mass is 406 g/mol. The number of hydrogen-bond acceptors (Lipinski definition) is 6. The van der Waals surface area contributed by atoms with Crippen LogP contribution in [0.2, 0.25) is 0 Å². The van der Waals surface area contributed by atoms with Gasteiger partial charge in [-0.1, -0.05) is 41.7 Å². The van der Waals surface area contributed by atoms with Crippen molar-refractivity contribution in [2.24, 2.45) is 0 Å². The van der Waals surface area contributed by atoms with E-state index in [4.69, 9.17) is 0 Å². The number of nitrogens with one attached hydrogen (secondary N) is 1. The van der Waals surface area contributed by atoms with Crippen LogP contribution in [0.5, 0.6) is 0 Å². The van der Waals surface area contributed by atoms with Crippen LogP contribution in [0.4, 0.5) is 15.2 Å². The van der Waals surface area contributed by atoms with Gasteiger partial charge in [-0.25, -0.2) is 4.39 Å². The van der Waals surface area contributed by atoms with Gasteiger partial charge in [-0.15, -0.1) is 10.2 Å². The Kier molecular flexibility index (Phi) is 5.47. The van der Waals surface area contributed by atoms with Crippen molar-refractivity contribution in [3.8, 4) is 0 Å². The molecule has 140 valence electrons. The van der Waals surface area contributed by atoms with Gasteiger partial charge in [0.25, 0.3) is 20.3 Å². The molecule has 3 aromatic rings. The van der Waals surface area contributed by atoms with Crippen LogP contribution in [0.25, 0.3) is 0 Å². The first-order valence-electron chi connectivity index (χ1n) is 7.90. The first-order valence-corrected chi connectivity index (χ1v) is 10.2. The van der Waals surface area contributed by atoms with Gasteiger partial charge >= 0.3 is 0 Å². The smallest absolute Gasteiger partial charge is 0.293 e. The normalized spacial score (nSPS) is 11.2. The molecule has 1 N–H and O–H groups in total. The minimum Gasteiger partial charge on any atom is -0.296 e. The molecule has 0 atom stereocenters. The van der Waals surface area contributed by atoms with Gasteiger partial charge in [0.2, 0.25) is 5.13 Å². The minimum absolute atomic E-state index is 0.0362. The van der Waals surface area contributed by atoms with Crippen LogP contribution in [0.1, 0.15) is 17.3 Å². The van der Waals surface area contributed by atoms with Gasteiger partial charge in [-0.3, -0.25) is 14.4 Å². The Hall–Kier alpha value is -2.85. The maximum atomic E-state index is 13.7. The molecule has 0 aliphatic rings. The number of nitrogens with zero attached hydrogens (tertiary/aromatic N) is 3. The molecule has 0 bridgehead atoms. The zero-order valence-corrected chi connectivity index (χ0v) is 15.8. The predicted octanol–water partition coefficient (Wildman–Crippen LogP) is 3.14. The highest BCUT2D eigenvalue weighted by atomic mass is 32.2.